The Morgan fingerprint density at radius 3 is 2.50 bits per heavy atom. The highest BCUT2D eigenvalue weighted by molar-refractivity contribution is 5.89. The van der Waals surface area contributed by atoms with Gasteiger partial charge in [0.05, 0.1) is 0 Å². The molecule has 0 saturated carbocycles. The lowest BCUT2D eigenvalue weighted by Gasteiger charge is -2.15. The van der Waals surface area contributed by atoms with E-state index in [1.165, 1.54) is 18.1 Å². The highest BCUT2D eigenvalue weighted by atomic mass is 16.1. The molecule has 0 aliphatic carbocycles. The summed E-state index contributed by atoms with van der Waals surface area (Å²) in [6.07, 6.45) is 0. The van der Waals surface area contributed by atoms with Gasteiger partial charge in [0.1, 0.15) is 0 Å². The predicted octanol–water partition coefficient (Wildman–Crippen LogP) is 3.08. The fourth-order valence-electron chi connectivity index (χ4n) is 1.75. The molecule has 0 aromatic heterocycles. The Labute approximate surface area is 85.3 Å². The summed E-state index contributed by atoms with van der Waals surface area (Å²) in [6.45, 7) is 7.87. The zero-order valence-electron chi connectivity index (χ0n) is 9.22. The fraction of sp³-hybridized carbons (Fsp3) is 0.417. The number of aryl methyl sites for hydroxylation is 1. The van der Waals surface area contributed by atoms with E-state index in [1.54, 1.807) is 0 Å². The third-order valence-electron chi connectivity index (χ3n) is 2.21. The second-order valence-electron chi connectivity index (χ2n) is 3.87. The van der Waals surface area contributed by atoms with Crippen LogP contribution in [-0.2, 0) is 4.79 Å². The number of hydrogen-bond acceptors (Lipinski definition) is 1. The Morgan fingerprint density at radius 2 is 2.00 bits per heavy atom. The quantitative estimate of drug-likeness (QED) is 0.764. The first-order chi connectivity index (χ1) is 6.52. The van der Waals surface area contributed by atoms with Crippen molar-refractivity contribution in [3.63, 3.8) is 0 Å². The molecule has 1 N–H and O–H groups in total. The second kappa shape index (κ2) is 4.27. The number of rotatable bonds is 2. The van der Waals surface area contributed by atoms with Crippen molar-refractivity contribution < 1.29 is 4.79 Å². The lowest BCUT2D eigenvalue weighted by Crippen LogP contribution is -2.09. The van der Waals surface area contributed by atoms with Crippen LogP contribution < -0.4 is 5.32 Å². The minimum Gasteiger partial charge on any atom is -0.326 e. The average Bonchev–Trinajstić information content (AvgIpc) is 2.01. The molecule has 76 valence electrons. The van der Waals surface area contributed by atoms with Gasteiger partial charge in [-0.2, -0.15) is 0 Å². The first-order valence-corrected chi connectivity index (χ1v) is 4.89. The van der Waals surface area contributed by atoms with Crippen molar-refractivity contribution in [1.82, 2.24) is 0 Å². The molecule has 2 nitrogen and oxygen atoms in total. The van der Waals surface area contributed by atoms with Crippen molar-refractivity contribution in [2.24, 2.45) is 0 Å². The van der Waals surface area contributed by atoms with Crippen LogP contribution in [0.5, 0.6) is 0 Å². The van der Waals surface area contributed by atoms with E-state index in [0.717, 1.165) is 5.69 Å². The molecule has 0 aliphatic rings. The minimum absolute atomic E-state index is 0.0162. The number of carbonyl (C=O) groups is 1. The Bertz CT molecular complexity index is 342. The molecular weight excluding hydrogens is 174 g/mol. The lowest BCUT2D eigenvalue weighted by molar-refractivity contribution is -0.114. The molecule has 0 radical (unpaired) electrons. The maximum Gasteiger partial charge on any atom is 0.221 e. The lowest BCUT2D eigenvalue weighted by atomic mass is 9.96. The Balaban J connectivity index is 3.14. The zero-order chi connectivity index (χ0) is 10.7. The van der Waals surface area contributed by atoms with Crippen molar-refractivity contribution in [3.8, 4) is 0 Å². The van der Waals surface area contributed by atoms with Gasteiger partial charge < -0.3 is 5.32 Å². The highest BCUT2D eigenvalue weighted by Gasteiger charge is 2.09. The Hall–Kier alpha value is -1.31. The van der Waals surface area contributed by atoms with Gasteiger partial charge in [-0.1, -0.05) is 26.0 Å². The van der Waals surface area contributed by atoms with E-state index in [0.29, 0.717) is 5.92 Å². The van der Waals surface area contributed by atoms with Crippen LogP contribution in [-0.4, -0.2) is 5.91 Å². The summed E-state index contributed by atoms with van der Waals surface area (Å²) in [5, 5.41) is 2.86. The molecule has 1 aromatic rings. The van der Waals surface area contributed by atoms with Gasteiger partial charge in [-0.05, 0) is 30.0 Å². The number of anilines is 1. The van der Waals surface area contributed by atoms with E-state index < -0.39 is 0 Å². The first-order valence-electron chi connectivity index (χ1n) is 4.89. The minimum atomic E-state index is -0.0162. The van der Waals surface area contributed by atoms with Gasteiger partial charge >= 0.3 is 0 Å². The van der Waals surface area contributed by atoms with Gasteiger partial charge in [-0.3, -0.25) is 4.79 Å². The van der Waals surface area contributed by atoms with E-state index in [-0.39, 0.29) is 5.91 Å². The van der Waals surface area contributed by atoms with E-state index in [4.69, 9.17) is 0 Å². The van der Waals surface area contributed by atoms with Crippen LogP contribution in [0.4, 0.5) is 5.69 Å². The number of amides is 1. The second-order valence-corrected chi connectivity index (χ2v) is 3.87. The van der Waals surface area contributed by atoms with Gasteiger partial charge in [0, 0.05) is 12.6 Å². The Morgan fingerprint density at radius 1 is 1.36 bits per heavy atom. The molecule has 0 atom stereocenters. The summed E-state index contributed by atoms with van der Waals surface area (Å²) in [6, 6.07) is 5.98. The van der Waals surface area contributed by atoms with Crippen LogP contribution in [0.1, 0.15) is 37.8 Å². The summed E-state index contributed by atoms with van der Waals surface area (Å²) in [5.74, 6) is 0.413. The van der Waals surface area contributed by atoms with Crippen molar-refractivity contribution >= 4 is 11.6 Å². The SMILES string of the molecule is CC(=O)Nc1cccc(C)c1C(C)C. The fourth-order valence-corrected chi connectivity index (χ4v) is 1.75. The molecule has 2 heteroatoms. The van der Waals surface area contributed by atoms with Gasteiger partial charge in [-0.15, -0.1) is 0 Å². The van der Waals surface area contributed by atoms with Crippen LogP contribution in [0, 0.1) is 6.92 Å². The standard InChI is InChI=1S/C12H17NO/c1-8(2)12-9(3)6-5-7-11(12)13-10(4)14/h5-8H,1-4H3,(H,13,14). The molecule has 0 fully saturated rings. The first kappa shape index (κ1) is 10.8. The molecule has 0 saturated heterocycles. The van der Waals surface area contributed by atoms with Gasteiger partial charge in [0.25, 0.3) is 0 Å². The van der Waals surface area contributed by atoms with E-state index in [9.17, 15) is 4.79 Å². The van der Waals surface area contributed by atoms with Crippen LogP contribution in [0.25, 0.3) is 0 Å². The summed E-state index contributed by atoms with van der Waals surface area (Å²) >= 11 is 0. The molecule has 14 heavy (non-hydrogen) atoms. The maximum absolute atomic E-state index is 11.0. The Kier molecular flexibility index (Phi) is 3.28. The molecular formula is C12H17NO. The zero-order valence-corrected chi connectivity index (χ0v) is 9.22. The number of nitrogens with one attached hydrogen (secondary N) is 1. The molecule has 0 spiro atoms. The van der Waals surface area contributed by atoms with E-state index in [1.807, 2.05) is 12.1 Å². The third-order valence-corrected chi connectivity index (χ3v) is 2.21. The van der Waals surface area contributed by atoms with Gasteiger partial charge in [0.2, 0.25) is 5.91 Å². The van der Waals surface area contributed by atoms with Crippen LogP contribution in [0.3, 0.4) is 0 Å². The summed E-state index contributed by atoms with van der Waals surface area (Å²) in [7, 11) is 0. The molecule has 0 bridgehead atoms. The topological polar surface area (TPSA) is 29.1 Å². The summed E-state index contributed by atoms with van der Waals surface area (Å²) in [4.78, 5) is 11.0. The molecule has 1 aromatic carbocycles. The number of carbonyl (C=O) groups excluding carboxylic acids is 1. The van der Waals surface area contributed by atoms with Crippen molar-refractivity contribution in [2.75, 3.05) is 5.32 Å². The molecule has 0 heterocycles. The molecule has 0 unspecified atom stereocenters. The van der Waals surface area contributed by atoms with Crippen LogP contribution >= 0.6 is 0 Å². The smallest absolute Gasteiger partial charge is 0.221 e. The number of benzene rings is 1. The highest BCUT2D eigenvalue weighted by Crippen LogP contribution is 2.27. The van der Waals surface area contributed by atoms with Gasteiger partial charge in [-0.25, -0.2) is 0 Å². The van der Waals surface area contributed by atoms with Crippen molar-refractivity contribution in [3.05, 3.63) is 29.3 Å². The van der Waals surface area contributed by atoms with Crippen LogP contribution in [0.15, 0.2) is 18.2 Å². The summed E-state index contributed by atoms with van der Waals surface area (Å²) in [5.41, 5.74) is 3.39. The number of hydrogen-bond donors (Lipinski definition) is 1. The monoisotopic (exact) mass is 191 g/mol. The summed E-state index contributed by atoms with van der Waals surface area (Å²) < 4.78 is 0. The molecule has 1 amide bonds. The van der Waals surface area contributed by atoms with Crippen LogP contribution in [0.2, 0.25) is 0 Å². The van der Waals surface area contributed by atoms with E-state index in [2.05, 4.69) is 32.2 Å². The molecule has 0 aliphatic heterocycles. The van der Waals surface area contributed by atoms with Gasteiger partial charge in [0.15, 0.2) is 0 Å². The maximum atomic E-state index is 11.0. The average molecular weight is 191 g/mol. The largest absolute Gasteiger partial charge is 0.326 e. The predicted molar refractivity (Wildman–Crippen MR) is 59.6 cm³/mol. The third kappa shape index (κ3) is 2.34. The normalized spacial score (nSPS) is 10.4. The van der Waals surface area contributed by atoms with Crippen molar-refractivity contribution in [1.29, 1.82) is 0 Å². The molecule has 1 rings (SSSR count). The van der Waals surface area contributed by atoms with Crippen molar-refractivity contribution in [2.45, 2.75) is 33.6 Å². The van der Waals surface area contributed by atoms with E-state index >= 15 is 0 Å².